The lowest BCUT2D eigenvalue weighted by Crippen LogP contribution is -2.46. The van der Waals surface area contributed by atoms with Gasteiger partial charge in [-0.25, -0.2) is 0 Å². The van der Waals surface area contributed by atoms with E-state index in [2.05, 4.69) is 38.7 Å². The first-order chi connectivity index (χ1) is 9.72. The van der Waals surface area contributed by atoms with Crippen LogP contribution in [0, 0.1) is 0 Å². The highest BCUT2D eigenvalue weighted by Crippen LogP contribution is 2.34. The SMILES string of the molecule is O=C1CCC(NC2CCCOc3cc(Br)ccc32)CN1. The van der Waals surface area contributed by atoms with Crippen molar-refractivity contribution in [3.05, 3.63) is 28.2 Å². The summed E-state index contributed by atoms with van der Waals surface area (Å²) >= 11 is 3.49. The number of ether oxygens (including phenoxy) is 1. The smallest absolute Gasteiger partial charge is 0.220 e. The number of nitrogens with one attached hydrogen (secondary N) is 2. The van der Waals surface area contributed by atoms with Crippen molar-refractivity contribution in [2.24, 2.45) is 0 Å². The molecule has 0 spiro atoms. The Labute approximate surface area is 127 Å². The largest absolute Gasteiger partial charge is 0.493 e. The van der Waals surface area contributed by atoms with Gasteiger partial charge in [0.25, 0.3) is 0 Å². The van der Waals surface area contributed by atoms with Gasteiger partial charge in [-0.2, -0.15) is 0 Å². The van der Waals surface area contributed by atoms with E-state index in [0.29, 0.717) is 18.5 Å². The number of hydrogen-bond acceptors (Lipinski definition) is 3. The minimum absolute atomic E-state index is 0.164. The quantitative estimate of drug-likeness (QED) is 0.871. The number of amides is 1. The van der Waals surface area contributed by atoms with E-state index in [1.807, 2.05) is 6.07 Å². The molecule has 2 aliphatic rings. The van der Waals surface area contributed by atoms with Crippen molar-refractivity contribution < 1.29 is 9.53 Å². The second kappa shape index (κ2) is 6.14. The minimum atomic E-state index is 0.164. The second-order valence-electron chi connectivity index (χ2n) is 5.43. The summed E-state index contributed by atoms with van der Waals surface area (Å²) in [5, 5.41) is 6.61. The van der Waals surface area contributed by atoms with Gasteiger partial charge in [-0.15, -0.1) is 0 Å². The van der Waals surface area contributed by atoms with Crippen LogP contribution in [0.25, 0.3) is 0 Å². The van der Waals surface area contributed by atoms with Crippen molar-refractivity contribution >= 4 is 21.8 Å². The third-order valence-electron chi connectivity index (χ3n) is 3.95. The normalized spacial score (nSPS) is 26.1. The number of piperidine rings is 1. The van der Waals surface area contributed by atoms with Crippen molar-refractivity contribution in [2.45, 2.75) is 37.8 Å². The summed E-state index contributed by atoms with van der Waals surface area (Å²) in [5.41, 5.74) is 1.22. The Morgan fingerprint density at radius 1 is 1.35 bits per heavy atom. The number of halogens is 1. The van der Waals surface area contributed by atoms with E-state index in [1.165, 1.54) is 5.56 Å². The van der Waals surface area contributed by atoms with Gasteiger partial charge in [0.1, 0.15) is 5.75 Å². The first-order valence-electron chi connectivity index (χ1n) is 7.17. The number of carbonyl (C=O) groups is 1. The average molecular weight is 339 g/mol. The van der Waals surface area contributed by atoms with Crippen LogP contribution in [0.5, 0.6) is 5.75 Å². The molecule has 1 saturated heterocycles. The van der Waals surface area contributed by atoms with E-state index in [9.17, 15) is 4.79 Å². The third-order valence-corrected chi connectivity index (χ3v) is 4.44. The van der Waals surface area contributed by atoms with Crippen molar-refractivity contribution in [2.75, 3.05) is 13.2 Å². The zero-order valence-corrected chi connectivity index (χ0v) is 12.9. The van der Waals surface area contributed by atoms with Crippen molar-refractivity contribution in [1.82, 2.24) is 10.6 Å². The van der Waals surface area contributed by atoms with Gasteiger partial charge in [0.15, 0.2) is 0 Å². The van der Waals surface area contributed by atoms with Crippen molar-refractivity contribution in [1.29, 1.82) is 0 Å². The molecule has 2 unspecified atom stereocenters. The molecule has 20 heavy (non-hydrogen) atoms. The summed E-state index contributed by atoms with van der Waals surface area (Å²) in [6.45, 7) is 1.49. The molecule has 108 valence electrons. The summed E-state index contributed by atoms with van der Waals surface area (Å²) in [4.78, 5) is 11.2. The predicted molar refractivity (Wildman–Crippen MR) is 80.8 cm³/mol. The average Bonchev–Trinajstić information content (AvgIpc) is 2.63. The minimum Gasteiger partial charge on any atom is -0.493 e. The van der Waals surface area contributed by atoms with Crippen molar-refractivity contribution in [3.63, 3.8) is 0 Å². The molecule has 0 saturated carbocycles. The molecule has 4 nitrogen and oxygen atoms in total. The Bertz CT molecular complexity index is 497. The van der Waals surface area contributed by atoms with Crippen LogP contribution >= 0.6 is 15.9 Å². The fraction of sp³-hybridized carbons (Fsp3) is 0.533. The number of carbonyl (C=O) groups excluding carboxylic acids is 1. The van der Waals surface area contributed by atoms with Gasteiger partial charge in [-0.05, 0) is 31.4 Å². The molecule has 5 heteroatoms. The van der Waals surface area contributed by atoms with Gasteiger partial charge in [0, 0.05) is 35.1 Å². The van der Waals surface area contributed by atoms with E-state index < -0.39 is 0 Å². The monoisotopic (exact) mass is 338 g/mol. The maximum absolute atomic E-state index is 11.2. The molecular formula is C15H19BrN2O2. The first kappa shape index (κ1) is 13.9. The predicted octanol–water partition coefficient (Wildman–Crippen LogP) is 2.53. The second-order valence-corrected chi connectivity index (χ2v) is 6.35. The van der Waals surface area contributed by atoms with E-state index in [4.69, 9.17) is 4.74 Å². The van der Waals surface area contributed by atoms with Gasteiger partial charge in [0.2, 0.25) is 5.91 Å². The van der Waals surface area contributed by atoms with Crippen molar-refractivity contribution in [3.8, 4) is 5.75 Å². The van der Waals surface area contributed by atoms with Crippen LogP contribution in [0.4, 0.5) is 0 Å². The van der Waals surface area contributed by atoms with Gasteiger partial charge in [0.05, 0.1) is 6.61 Å². The van der Waals surface area contributed by atoms with Gasteiger partial charge in [-0.1, -0.05) is 22.0 Å². The van der Waals surface area contributed by atoms with E-state index in [-0.39, 0.29) is 5.91 Å². The molecule has 1 aromatic carbocycles. The van der Waals surface area contributed by atoms with Crippen LogP contribution in [0.15, 0.2) is 22.7 Å². The maximum atomic E-state index is 11.2. The first-order valence-corrected chi connectivity index (χ1v) is 7.96. The Balaban J connectivity index is 1.74. The summed E-state index contributed by atoms with van der Waals surface area (Å²) in [6, 6.07) is 6.89. The van der Waals surface area contributed by atoms with Crippen LogP contribution in [0.3, 0.4) is 0 Å². The van der Waals surface area contributed by atoms with E-state index in [0.717, 1.165) is 42.6 Å². The lowest BCUT2D eigenvalue weighted by Gasteiger charge is -2.28. The summed E-state index contributed by atoms with van der Waals surface area (Å²) < 4.78 is 6.87. The third kappa shape index (κ3) is 3.15. The lowest BCUT2D eigenvalue weighted by molar-refractivity contribution is -0.122. The number of hydrogen-bond donors (Lipinski definition) is 2. The molecule has 2 N–H and O–H groups in total. The maximum Gasteiger partial charge on any atom is 0.220 e. The molecule has 3 rings (SSSR count). The molecule has 0 aliphatic carbocycles. The van der Waals surface area contributed by atoms with Crippen LogP contribution in [0.1, 0.15) is 37.3 Å². The Morgan fingerprint density at radius 2 is 2.25 bits per heavy atom. The van der Waals surface area contributed by atoms with Gasteiger partial charge in [-0.3, -0.25) is 4.79 Å². The molecule has 1 fully saturated rings. The fourth-order valence-corrected chi connectivity index (χ4v) is 3.22. The lowest BCUT2D eigenvalue weighted by atomic mass is 9.99. The molecule has 2 atom stereocenters. The highest BCUT2D eigenvalue weighted by Gasteiger charge is 2.25. The van der Waals surface area contributed by atoms with Crippen LogP contribution < -0.4 is 15.4 Å². The van der Waals surface area contributed by atoms with Crippen LogP contribution in [-0.2, 0) is 4.79 Å². The van der Waals surface area contributed by atoms with Gasteiger partial charge < -0.3 is 15.4 Å². The standard InChI is InChI=1S/C15H19BrN2O2/c16-10-3-5-12-13(2-1-7-20-14(12)8-10)18-11-4-6-15(19)17-9-11/h3,5,8,11,13,18H,1-2,4,6-7,9H2,(H,17,19). The number of benzene rings is 1. The molecular weight excluding hydrogens is 320 g/mol. The van der Waals surface area contributed by atoms with E-state index in [1.54, 1.807) is 0 Å². The highest BCUT2D eigenvalue weighted by molar-refractivity contribution is 9.10. The molecule has 2 heterocycles. The molecule has 0 aromatic heterocycles. The highest BCUT2D eigenvalue weighted by atomic mass is 79.9. The molecule has 2 aliphatic heterocycles. The Morgan fingerprint density at radius 3 is 3.05 bits per heavy atom. The summed E-state index contributed by atoms with van der Waals surface area (Å²) in [6.07, 6.45) is 3.64. The Kier molecular flexibility index (Phi) is 4.27. The fourth-order valence-electron chi connectivity index (χ4n) is 2.88. The summed E-state index contributed by atoms with van der Waals surface area (Å²) in [5.74, 6) is 1.13. The molecule has 0 bridgehead atoms. The van der Waals surface area contributed by atoms with Crippen LogP contribution in [0.2, 0.25) is 0 Å². The van der Waals surface area contributed by atoms with Gasteiger partial charge >= 0.3 is 0 Å². The summed E-state index contributed by atoms with van der Waals surface area (Å²) in [7, 11) is 0. The van der Waals surface area contributed by atoms with E-state index >= 15 is 0 Å². The molecule has 1 aromatic rings. The topological polar surface area (TPSA) is 50.4 Å². The molecule has 0 radical (unpaired) electrons. The Hall–Kier alpha value is -1.07. The number of rotatable bonds is 2. The van der Waals surface area contributed by atoms with Crippen LogP contribution in [-0.4, -0.2) is 25.1 Å². The zero-order valence-electron chi connectivity index (χ0n) is 11.3. The molecule has 1 amide bonds. The zero-order chi connectivity index (χ0) is 13.9. The number of fused-ring (bicyclic) bond motifs is 1.